The summed E-state index contributed by atoms with van der Waals surface area (Å²) >= 11 is 0. The Morgan fingerprint density at radius 3 is 2.21 bits per heavy atom. The van der Waals surface area contributed by atoms with Crippen LogP contribution in [0.15, 0.2) is 24.3 Å². The third kappa shape index (κ3) is 4.35. The van der Waals surface area contributed by atoms with Crippen LogP contribution in [0.5, 0.6) is 17.2 Å². The Kier molecular flexibility index (Phi) is 6.56. The predicted octanol–water partition coefficient (Wildman–Crippen LogP) is 3.06. The second kappa shape index (κ2) is 8.88. The van der Waals surface area contributed by atoms with Gasteiger partial charge < -0.3 is 19.5 Å². The van der Waals surface area contributed by atoms with Crippen LogP contribution in [0.3, 0.4) is 0 Å². The van der Waals surface area contributed by atoms with Gasteiger partial charge in [0.1, 0.15) is 11.9 Å². The molecule has 0 aliphatic rings. The van der Waals surface area contributed by atoms with Gasteiger partial charge in [-0.2, -0.15) is 5.26 Å². The van der Waals surface area contributed by atoms with Gasteiger partial charge in [0.25, 0.3) is 11.6 Å². The summed E-state index contributed by atoms with van der Waals surface area (Å²) in [6.07, 6.45) is 0. The van der Waals surface area contributed by atoms with Gasteiger partial charge in [-0.1, -0.05) is 0 Å². The van der Waals surface area contributed by atoms with E-state index in [1.807, 2.05) is 6.07 Å². The highest BCUT2D eigenvalue weighted by atomic mass is 19.1. The number of nitriles is 1. The lowest BCUT2D eigenvalue weighted by Gasteiger charge is -2.17. The summed E-state index contributed by atoms with van der Waals surface area (Å²) in [4.78, 5) is 22.8. The SMILES string of the molecule is COc1cc(C(C#N)NC(=O)c2cc(F)c(C)c([N+](=O)[O-])c2)cc(OC)c1OC. The lowest BCUT2D eigenvalue weighted by molar-refractivity contribution is -0.385. The number of amides is 1. The fourth-order valence-electron chi connectivity index (χ4n) is 2.66. The number of hydrogen-bond donors (Lipinski definition) is 1. The van der Waals surface area contributed by atoms with E-state index in [0.717, 1.165) is 12.1 Å². The maximum absolute atomic E-state index is 14.0. The molecule has 0 heterocycles. The first kappa shape index (κ1) is 21.4. The molecule has 1 atom stereocenters. The standard InChI is InChI=1S/C19H18FN3O6/c1-10-13(20)5-12(6-15(10)23(25)26)19(24)22-14(9-21)11-7-16(27-2)18(29-4)17(8-11)28-3/h5-8,14H,1-4H3,(H,22,24). The van der Waals surface area contributed by atoms with Crippen LogP contribution < -0.4 is 19.5 Å². The van der Waals surface area contributed by atoms with Crippen LogP contribution in [-0.4, -0.2) is 32.2 Å². The zero-order valence-electron chi connectivity index (χ0n) is 16.1. The lowest BCUT2D eigenvalue weighted by atomic mass is 10.0. The molecule has 1 N–H and O–H groups in total. The number of hydrogen-bond acceptors (Lipinski definition) is 7. The fraction of sp³-hybridized carbons (Fsp3) is 0.263. The van der Waals surface area contributed by atoms with E-state index in [0.29, 0.717) is 11.3 Å². The molecule has 0 fully saturated rings. The number of ether oxygens (including phenoxy) is 3. The number of carbonyl (C=O) groups is 1. The van der Waals surface area contributed by atoms with Gasteiger partial charge in [0.15, 0.2) is 11.5 Å². The molecule has 0 aliphatic carbocycles. The van der Waals surface area contributed by atoms with Crippen LogP contribution >= 0.6 is 0 Å². The van der Waals surface area contributed by atoms with Crippen molar-refractivity contribution in [3.8, 4) is 23.3 Å². The van der Waals surface area contributed by atoms with Crippen LogP contribution in [-0.2, 0) is 0 Å². The molecule has 9 nitrogen and oxygen atoms in total. The number of halogens is 1. The largest absolute Gasteiger partial charge is 0.493 e. The van der Waals surface area contributed by atoms with Crippen LogP contribution in [0.4, 0.5) is 10.1 Å². The van der Waals surface area contributed by atoms with Crippen LogP contribution in [0.25, 0.3) is 0 Å². The average molecular weight is 403 g/mol. The van der Waals surface area contributed by atoms with Crippen molar-refractivity contribution < 1.29 is 28.3 Å². The summed E-state index contributed by atoms with van der Waals surface area (Å²) in [6, 6.07) is 5.54. The zero-order valence-corrected chi connectivity index (χ0v) is 16.1. The van der Waals surface area contributed by atoms with Gasteiger partial charge in [-0.15, -0.1) is 0 Å². The highest BCUT2D eigenvalue weighted by molar-refractivity contribution is 5.95. The Morgan fingerprint density at radius 2 is 1.76 bits per heavy atom. The number of methoxy groups -OCH3 is 3. The van der Waals surface area contributed by atoms with E-state index in [4.69, 9.17) is 14.2 Å². The number of benzene rings is 2. The predicted molar refractivity (Wildman–Crippen MR) is 99.7 cm³/mol. The van der Waals surface area contributed by atoms with Crippen LogP contribution in [0, 0.1) is 34.2 Å². The molecule has 2 rings (SSSR count). The van der Waals surface area contributed by atoms with Crippen molar-refractivity contribution in [1.29, 1.82) is 5.26 Å². The molecule has 1 amide bonds. The minimum atomic E-state index is -1.17. The minimum Gasteiger partial charge on any atom is -0.493 e. The molecule has 152 valence electrons. The van der Waals surface area contributed by atoms with Crippen molar-refractivity contribution in [2.75, 3.05) is 21.3 Å². The number of nitro benzene ring substituents is 1. The molecule has 0 bridgehead atoms. The molecule has 2 aromatic rings. The van der Waals surface area contributed by atoms with E-state index >= 15 is 0 Å². The maximum atomic E-state index is 14.0. The van der Waals surface area contributed by atoms with Crippen molar-refractivity contribution in [3.63, 3.8) is 0 Å². The van der Waals surface area contributed by atoms with Crippen molar-refractivity contribution in [2.45, 2.75) is 13.0 Å². The quantitative estimate of drug-likeness (QED) is 0.556. The monoisotopic (exact) mass is 403 g/mol. The molecular weight excluding hydrogens is 385 g/mol. The Hall–Kier alpha value is -3.87. The minimum absolute atomic E-state index is 0.187. The average Bonchev–Trinajstić information content (AvgIpc) is 2.71. The molecule has 1 unspecified atom stereocenters. The molecule has 0 aliphatic heterocycles. The van der Waals surface area contributed by atoms with Gasteiger partial charge in [-0.3, -0.25) is 14.9 Å². The number of nitro groups is 1. The first-order valence-corrected chi connectivity index (χ1v) is 8.22. The summed E-state index contributed by atoms with van der Waals surface area (Å²) in [5.41, 5.74) is -0.686. The van der Waals surface area contributed by atoms with E-state index in [1.54, 1.807) is 0 Å². The summed E-state index contributed by atoms with van der Waals surface area (Å²) in [5, 5.41) is 23.0. The van der Waals surface area contributed by atoms with E-state index < -0.39 is 28.4 Å². The van der Waals surface area contributed by atoms with E-state index in [1.165, 1.54) is 40.4 Å². The molecule has 0 spiro atoms. The van der Waals surface area contributed by atoms with Crippen LogP contribution in [0.2, 0.25) is 0 Å². The van der Waals surface area contributed by atoms with Gasteiger partial charge in [-0.05, 0) is 30.7 Å². The number of nitrogens with one attached hydrogen (secondary N) is 1. The van der Waals surface area contributed by atoms with E-state index in [2.05, 4.69) is 5.32 Å². The molecule has 0 saturated heterocycles. The van der Waals surface area contributed by atoms with Gasteiger partial charge in [0, 0.05) is 11.6 Å². The molecule has 10 heteroatoms. The Balaban J connectivity index is 2.42. The van der Waals surface area contributed by atoms with Gasteiger partial charge in [0.05, 0.1) is 37.9 Å². The Bertz CT molecular complexity index is 977. The molecular formula is C19H18FN3O6. The van der Waals surface area contributed by atoms with E-state index in [-0.39, 0.29) is 22.6 Å². The third-order valence-corrected chi connectivity index (χ3v) is 4.20. The maximum Gasteiger partial charge on any atom is 0.276 e. The Labute approximate surface area is 165 Å². The molecule has 0 saturated carbocycles. The second-order valence-electron chi connectivity index (χ2n) is 5.85. The summed E-state index contributed by atoms with van der Waals surface area (Å²) in [6.45, 7) is 1.24. The van der Waals surface area contributed by atoms with Crippen molar-refractivity contribution >= 4 is 11.6 Å². The van der Waals surface area contributed by atoms with Gasteiger partial charge >= 0.3 is 0 Å². The highest BCUT2D eigenvalue weighted by Crippen LogP contribution is 2.39. The van der Waals surface area contributed by atoms with Crippen molar-refractivity contribution in [3.05, 3.63) is 56.9 Å². The van der Waals surface area contributed by atoms with E-state index in [9.17, 15) is 24.6 Å². The molecule has 2 aromatic carbocycles. The van der Waals surface area contributed by atoms with Gasteiger partial charge in [-0.25, -0.2) is 4.39 Å². The first-order chi connectivity index (χ1) is 13.8. The Morgan fingerprint density at radius 1 is 1.17 bits per heavy atom. The van der Waals surface area contributed by atoms with Crippen LogP contribution in [0.1, 0.15) is 27.5 Å². The normalized spacial score (nSPS) is 11.2. The zero-order chi connectivity index (χ0) is 21.7. The fourth-order valence-corrected chi connectivity index (χ4v) is 2.66. The highest BCUT2D eigenvalue weighted by Gasteiger charge is 2.23. The molecule has 0 radical (unpaired) electrons. The first-order valence-electron chi connectivity index (χ1n) is 8.22. The summed E-state index contributed by atoms with van der Waals surface area (Å²) < 4.78 is 29.6. The summed E-state index contributed by atoms with van der Waals surface area (Å²) in [5.74, 6) is -0.905. The lowest BCUT2D eigenvalue weighted by Crippen LogP contribution is -2.28. The number of nitrogens with zero attached hydrogens (tertiary/aromatic N) is 2. The number of carbonyl (C=O) groups excluding carboxylic acids is 1. The summed E-state index contributed by atoms with van der Waals surface area (Å²) in [7, 11) is 4.22. The molecule has 0 aromatic heterocycles. The second-order valence-corrected chi connectivity index (χ2v) is 5.85. The molecule has 29 heavy (non-hydrogen) atoms. The van der Waals surface area contributed by atoms with Gasteiger partial charge in [0.2, 0.25) is 5.75 Å². The van der Waals surface area contributed by atoms with Crippen molar-refractivity contribution in [1.82, 2.24) is 5.32 Å². The smallest absolute Gasteiger partial charge is 0.276 e. The number of rotatable bonds is 7. The van der Waals surface area contributed by atoms with Crippen molar-refractivity contribution in [2.24, 2.45) is 0 Å². The third-order valence-electron chi connectivity index (χ3n) is 4.20. The topological polar surface area (TPSA) is 124 Å².